The fourth-order valence-electron chi connectivity index (χ4n) is 2.23. The Morgan fingerprint density at radius 3 is 2.19 bits per heavy atom. The molecular formula is C13H19NO2. The molecule has 0 radical (unpaired) electrons. The van der Waals surface area contributed by atoms with E-state index in [2.05, 4.69) is 5.92 Å². The van der Waals surface area contributed by atoms with Crippen LogP contribution in [0.3, 0.4) is 0 Å². The number of terminal acetylenes is 1. The van der Waals surface area contributed by atoms with E-state index in [-0.39, 0.29) is 11.8 Å². The molecule has 1 rings (SSSR count). The van der Waals surface area contributed by atoms with Gasteiger partial charge in [-0.25, -0.2) is 0 Å². The lowest BCUT2D eigenvalue weighted by atomic mass is 9.81. The molecule has 0 bridgehead atoms. The number of rotatable bonds is 3. The Morgan fingerprint density at radius 2 is 1.88 bits per heavy atom. The van der Waals surface area contributed by atoms with Gasteiger partial charge in [0.1, 0.15) is 5.54 Å². The molecule has 16 heavy (non-hydrogen) atoms. The smallest absolute Gasteiger partial charge is 0.237 e. The zero-order chi connectivity index (χ0) is 12.6. The topological polar surface area (TPSA) is 37.4 Å². The van der Waals surface area contributed by atoms with Crippen LogP contribution in [0.1, 0.15) is 47.0 Å². The number of likely N-dealkylation sites (tertiary alicyclic amines) is 1. The highest BCUT2D eigenvalue weighted by atomic mass is 16.2. The second kappa shape index (κ2) is 3.93. The van der Waals surface area contributed by atoms with Crippen molar-refractivity contribution in [2.45, 2.75) is 52.5 Å². The molecule has 2 amide bonds. The summed E-state index contributed by atoms with van der Waals surface area (Å²) in [4.78, 5) is 25.5. The van der Waals surface area contributed by atoms with Crippen LogP contribution >= 0.6 is 0 Å². The normalized spacial score (nSPS) is 20.1. The van der Waals surface area contributed by atoms with Gasteiger partial charge in [0.15, 0.2) is 0 Å². The molecule has 0 aromatic heterocycles. The quantitative estimate of drug-likeness (QED) is 0.539. The molecule has 0 N–H and O–H groups in total. The van der Waals surface area contributed by atoms with Crippen molar-refractivity contribution in [3.63, 3.8) is 0 Å². The summed E-state index contributed by atoms with van der Waals surface area (Å²) in [5, 5.41) is 0. The van der Waals surface area contributed by atoms with Gasteiger partial charge >= 0.3 is 0 Å². The maximum atomic E-state index is 12.3. The van der Waals surface area contributed by atoms with Crippen LogP contribution in [0.25, 0.3) is 0 Å². The van der Waals surface area contributed by atoms with Crippen LogP contribution in [-0.4, -0.2) is 22.3 Å². The third-order valence-corrected chi connectivity index (χ3v) is 3.66. The summed E-state index contributed by atoms with van der Waals surface area (Å²) in [5.41, 5.74) is -1.34. The summed E-state index contributed by atoms with van der Waals surface area (Å²) in [6, 6.07) is 0. The van der Waals surface area contributed by atoms with Gasteiger partial charge in [-0.15, -0.1) is 6.42 Å². The van der Waals surface area contributed by atoms with Crippen LogP contribution in [0, 0.1) is 17.8 Å². The van der Waals surface area contributed by atoms with Gasteiger partial charge in [0, 0.05) is 6.42 Å². The van der Waals surface area contributed by atoms with Gasteiger partial charge in [-0.3, -0.25) is 14.5 Å². The summed E-state index contributed by atoms with van der Waals surface area (Å²) in [7, 11) is 0. The monoisotopic (exact) mass is 221 g/mol. The molecule has 3 heteroatoms. The molecule has 1 saturated heterocycles. The average Bonchev–Trinajstić information content (AvgIpc) is 2.51. The minimum Gasteiger partial charge on any atom is -0.274 e. The molecule has 88 valence electrons. The minimum absolute atomic E-state index is 0.106. The zero-order valence-electron chi connectivity index (χ0n) is 10.5. The van der Waals surface area contributed by atoms with Crippen LogP contribution in [0.15, 0.2) is 0 Å². The Bertz CT molecular complexity index is 359. The number of amides is 2. The lowest BCUT2D eigenvalue weighted by Gasteiger charge is -2.31. The standard InChI is InChI=1S/C13H19NO2/c1-6-12(4,5)14-10(15)9-13(7-2,8-3)11(14)16/h1H,7-9H2,2-5H3. The molecule has 1 fully saturated rings. The number of hydrogen-bond acceptors (Lipinski definition) is 2. The third kappa shape index (κ3) is 1.63. The lowest BCUT2D eigenvalue weighted by molar-refractivity contribution is -0.145. The van der Waals surface area contributed by atoms with Crippen molar-refractivity contribution in [3.8, 4) is 12.3 Å². The largest absolute Gasteiger partial charge is 0.274 e. The first-order valence-electron chi connectivity index (χ1n) is 5.70. The summed E-state index contributed by atoms with van der Waals surface area (Å²) in [5.74, 6) is 2.27. The second-order valence-corrected chi connectivity index (χ2v) is 4.90. The van der Waals surface area contributed by atoms with Gasteiger partial charge in [0.25, 0.3) is 0 Å². The summed E-state index contributed by atoms with van der Waals surface area (Å²) >= 11 is 0. The Hall–Kier alpha value is -1.30. The molecule has 0 aromatic rings. The number of carbonyl (C=O) groups excluding carboxylic acids is 2. The van der Waals surface area contributed by atoms with Gasteiger partial charge in [-0.1, -0.05) is 19.8 Å². The van der Waals surface area contributed by atoms with E-state index in [0.29, 0.717) is 19.3 Å². The number of carbonyl (C=O) groups is 2. The highest BCUT2D eigenvalue weighted by Gasteiger charge is 2.53. The molecule has 1 heterocycles. The summed E-state index contributed by atoms with van der Waals surface area (Å²) in [6.45, 7) is 7.34. The number of hydrogen-bond donors (Lipinski definition) is 0. The third-order valence-electron chi connectivity index (χ3n) is 3.66. The Labute approximate surface area is 97.2 Å². The van der Waals surface area contributed by atoms with E-state index in [1.807, 2.05) is 13.8 Å². The van der Waals surface area contributed by atoms with Crippen LogP contribution in [0.2, 0.25) is 0 Å². The predicted octanol–water partition coefficient (Wildman–Crippen LogP) is 1.96. The van der Waals surface area contributed by atoms with Gasteiger partial charge in [0.05, 0.1) is 5.41 Å². The second-order valence-electron chi connectivity index (χ2n) is 4.90. The van der Waals surface area contributed by atoms with Crippen molar-refractivity contribution in [1.29, 1.82) is 0 Å². The fraction of sp³-hybridized carbons (Fsp3) is 0.692. The Kier molecular flexibility index (Phi) is 3.14. The van der Waals surface area contributed by atoms with Crippen molar-refractivity contribution < 1.29 is 9.59 Å². The molecule has 0 aliphatic carbocycles. The van der Waals surface area contributed by atoms with Crippen LogP contribution in [0.4, 0.5) is 0 Å². The minimum atomic E-state index is -0.819. The summed E-state index contributed by atoms with van der Waals surface area (Å²) < 4.78 is 0. The van der Waals surface area contributed by atoms with E-state index in [1.54, 1.807) is 13.8 Å². The average molecular weight is 221 g/mol. The van der Waals surface area contributed by atoms with Crippen LogP contribution < -0.4 is 0 Å². The van der Waals surface area contributed by atoms with Crippen LogP contribution in [0.5, 0.6) is 0 Å². The predicted molar refractivity (Wildman–Crippen MR) is 62.4 cm³/mol. The van der Waals surface area contributed by atoms with E-state index in [9.17, 15) is 9.59 Å². The molecule has 0 aromatic carbocycles. The van der Waals surface area contributed by atoms with Crippen molar-refractivity contribution >= 4 is 11.8 Å². The van der Waals surface area contributed by atoms with Crippen molar-refractivity contribution in [3.05, 3.63) is 0 Å². The van der Waals surface area contributed by atoms with Gasteiger partial charge < -0.3 is 0 Å². The maximum Gasteiger partial charge on any atom is 0.237 e. The molecular weight excluding hydrogens is 202 g/mol. The lowest BCUT2D eigenvalue weighted by Crippen LogP contribution is -2.48. The van der Waals surface area contributed by atoms with Crippen molar-refractivity contribution in [1.82, 2.24) is 4.90 Å². The molecule has 1 aliphatic rings. The first-order chi connectivity index (χ1) is 7.34. The van der Waals surface area contributed by atoms with E-state index in [0.717, 1.165) is 0 Å². The Balaban J connectivity index is 3.15. The molecule has 0 unspecified atom stereocenters. The summed E-state index contributed by atoms with van der Waals surface area (Å²) in [6.07, 6.45) is 7.05. The fourth-order valence-corrected chi connectivity index (χ4v) is 2.23. The Morgan fingerprint density at radius 1 is 1.38 bits per heavy atom. The van der Waals surface area contributed by atoms with Crippen LogP contribution in [-0.2, 0) is 9.59 Å². The molecule has 0 saturated carbocycles. The number of nitrogens with zero attached hydrogens (tertiary/aromatic N) is 1. The van der Waals surface area contributed by atoms with Gasteiger partial charge in [-0.2, -0.15) is 0 Å². The first kappa shape index (κ1) is 12.8. The highest BCUT2D eigenvalue weighted by Crippen LogP contribution is 2.41. The highest BCUT2D eigenvalue weighted by molar-refractivity contribution is 6.06. The van der Waals surface area contributed by atoms with E-state index < -0.39 is 11.0 Å². The van der Waals surface area contributed by atoms with E-state index in [1.165, 1.54) is 4.90 Å². The van der Waals surface area contributed by atoms with Gasteiger partial charge in [0.2, 0.25) is 11.8 Å². The first-order valence-corrected chi connectivity index (χ1v) is 5.70. The van der Waals surface area contributed by atoms with E-state index >= 15 is 0 Å². The number of imide groups is 1. The molecule has 3 nitrogen and oxygen atoms in total. The van der Waals surface area contributed by atoms with Gasteiger partial charge in [-0.05, 0) is 26.7 Å². The van der Waals surface area contributed by atoms with E-state index in [4.69, 9.17) is 6.42 Å². The zero-order valence-corrected chi connectivity index (χ0v) is 10.5. The molecule has 1 aliphatic heterocycles. The van der Waals surface area contributed by atoms with Crippen molar-refractivity contribution in [2.75, 3.05) is 0 Å². The molecule has 0 atom stereocenters. The van der Waals surface area contributed by atoms with Crippen molar-refractivity contribution in [2.24, 2.45) is 5.41 Å². The SMILES string of the molecule is C#CC(C)(C)N1C(=O)CC(CC)(CC)C1=O. The molecule has 0 spiro atoms. The maximum absolute atomic E-state index is 12.3.